The highest BCUT2D eigenvalue weighted by Crippen LogP contribution is 2.38. The summed E-state index contributed by atoms with van der Waals surface area (Å²) in [4.78, 5) is 32.2. The van der Waals surface area contributed by atoms with Gasteiger partial charge in [-0.2, -0.15) is 0 Å². The van der Waals surface area contributed by atoms with Crippen LogP contribution in [0.3, 0.4) is 0 Å². The van der Waals surface area contributed by atoms with Crippen molar-refractivity contribution in [3.63, 3.8) is 0 Å². The number of carbonyl (C=O) groups excluding carboxylic acids is 2. The van der Waals surface area contributed by atoms with Crippen molar-refractivity contribution in [1.82, 2.24) is 20.5 Å². The molecule has 3 heterocycles. The second-order valence-corrected chi connectivity index (χ2v) is 10.6. The van der Waals surface area contributed by atoms with Crippen LogP contribution in [-0.4, -0.2) is 54.5 Å². The number of H-pyrrole nitrogens is 1. The number of nitrogens with one attached hydrogen (secondary N) is 3. The molecule has 1 fully saturated rings. The third-order valence-corrected chi connectivity index (χ3v) is 8.23. The van der Waals surface area contributed by atoms with Crippen molar-refractivity contribution in [2.45, 2.75) is 52.5 Å². The van der Waals surface area contributed by atoms with Gasteiger partial charge in [0.15, 0.2) is 0 Å². The number of piperidine rings is 1. The van der Waals surface area contributed by atoms with Crippen molar-refractivity contribution in [2.24, 2.45) is 5.41 Å². The van der Waals surface area contributed by atoms with Gasteiger partial charge < -0.3 is 20.4 Å². The Bertz CT molecular complexity index is 1270. The molecule has 0 unspecified atom stereocenters. The molecule has 7 nitrogen and oxygen atoms in total. The van der Waals surface area contributed by atoms with Crippen molar-refractivity contribution in [3.8, 4) is 5.75 Å². The molecule has 0 bridgehead atoms. The molecule has 2 aliphatic heterocycles. The number of hydrogen-bond acceptors (Lipinski definition) is 4. The van der Waals surface area contributed by atoms with Crippen LogP contribution >= 0.6 is 0 Å². The number of para-hydroxylation sites is 2. The highest BCUT2D eigenvalue weighted by atomic mass is 16.5. The Morgan fingerprint density at radius 1 is 0.919 bits per heavy atom. The van der Waals surface area contributed by atoms with E-state index in [0.29, 0.717) is 31.0 Å². The van der Waals surface area contributed by atoms with E-state index in [-0.39, 0.29) is 17.2 Å². The van der Waals surface area contributed by atoms with Crippen LogP contribution in [0.1, 0.15) is 59.3 Å². The van der Waals surface area contributed by atoms with Gasteiger partial charge in [0.1, 0.15) is 12.4 Å². The minimum absolute atomic E-state index is 0.109. The predicted molar refractivity (Wildman–Crippen MR) is 146 cm³/mol. The Morgan fingerprint density at radius 3 is 2.54 bits per heavy atom. The molecule has 2 aliphatic rings. The molecule has 1 saturated heterocycles. The smallest absolute Gasteiger partial charge is 0.255 e. The quantitative estimate of drug-likeness (QED) is 0.482. The number of hydrogen-bond donors (Lipinski definition) is 3. The molecule has 7 heteroatoms. The molecule has 196 valence electrons. The van der Waals surface area contributed by atoms with Gasteiger partial charge in [0.2, 0.25) is 5.91 Å². The maximum absolute atomic E-state index is 13.5. The zero-order valence-electron chi connectivity index (χ0n) is 22.0. The lowest BCUT2D eigenvalue weighted by atomic mass is 9.73. The van der Waals surface area contributed by atoms with E-state index in [1.165, 1.54) is 27.7 Å². The molecule has 5 rings (SSSR count). The summed E-state index contributed by atoms with van der Waals surface area (Å²) in [5, 5.41) is 7.46. The second kappa shape index (κ2) is 11.0. The van der Waals surface area contributed by atoms with Gasteiger partial charge in [-0.1, -0.05) is 36.8 Å². The molecule has 0 atom stereocenters. The molecule has 3 aromatic rings. The number of aromatic nitrogens is 1. The SMILES string of the molecule is Cc1c(CN2CCC3(CCCCNC(=O)c4ccccc4OCCNC3=O)CC2)[nH]c2c(C)cccc12. The summed E-state index contributed by atoms with van der Waals surface area (Å²) in [5.74, 6) is 0.585. The number of fused-ring (bicyclic) bond motifs is 2. The lowest BCUT2D eigenvalue weighted by molar-refractivity contribution is -0.134. The summed E-state index contributed by atoms with van der Waals surface area (Å²) in [6.45, 7) is 8.35. The highest BCUT2D eigenvalue weighted by molar-refractivity contribution is 5.96. The molecule has 0 aliphatic carbocycles. The van der Waals surface area contributed by atoms with Gasteiger partial charge in [-0.3, -0.25) is 14.5 Å². The van der Waals surface area contributed by atoms with E-state index in [0.717, 1.165) is 51.7 Å². The van der Waals surface area contributed by atoms with Crippen LogP contribution in [0.25, 0.3) is 10.9 Å². The van der Waals surface area contributed by atoms with Gasteiger partial charge in [0.25, 0.3) is 5.91 Å². The fraction of sp³-hybridized carbons (Fsp3) is 0.467. The predicted octanol–water partition coefficient (Wildman–Crippen LogP) is 4.48. The van der Waals surface area contributed by atoms with Crippen molar-refractivity contribution in [3.05, 3.63) is 64.8 Å². The van der Waals surface area contributed by atoms with Gasteiger partial charge >= 0.3 is 0 Å². The fourth-order valence-electron chi connectivity index (χ4n) is 5.84. The topological polar surface area (TPSA) is 86.5 Å². The zero-order chi connectivity index (χ0) is 25.8. The van der Waals surface area contributed by atoms with Gasteiger partial charge in [-0.15, -0.1) is 0 Å². The summed E-state index contributed by atoms with van der Waals surface area (Å²) < 4.78 is 5.87. The van der Waals surface area contributed by atoms with Crippen LogP contribution in [0.2, 0.25) is 0 Å². The molecule has 37 heavy (non-hydrogen) atoms. The van der Waals surface area contributed by atoms with Gasteiger partial charge in [0, 0.05) is 29.7 Å². The van der Waals surface area contributed by atoms with E-state index in [4.69, 9.17) is 4.74 Å². The van der Waals surface area contributed by atoms with Crippen LogP contribution in [0, 0.1) is 19.3 Å². The number of aryl methyl sites for hydroxylation is 2. The Labute approximate surface area is 219 Å². The molecular formula is C30H38N4O3. The van der Waals surface area contributed by atoms with E-state index in [1.54, 1.807) is 12.1 Å². The maximum Gasteiger partial charge on any atom is 0.255 e. The van der Waals surface area contributed by atoms with Crippen molar-refractivity contribution in [1.29, 1.82) is 0 Å². The first-order valence-electron chi connectivity index (χ1n) is 13.5. The lowest BCUT2D eigenvalue weighted by Gasteiger charge is -2.41. The number of amides is 2. The average molecular weight is 503 g/mol. The molecule has 0 radical (unpaired) electrons. The van der Waals surface area contributed by atoms with Gasteiger partial charge in [0.05, 0.1) is 17.5 Å². The third kappa shape index (κ3) is 5.37. The third-order valence-electron chi connectivity index (χ3n) is 8.23. The molecule has 3 N–H and O–H groups in total. The summed E-state index contributed by atoms with van der Waals surface area (Å²) in [5.41, 5.74) is 5.25. The number of likely N-dealkylation sites (tertiary alicyclic amines) is 1. The van der Waals surface area contributed by atoms with E-state index in [2.05, 4.69) is 52.6 Å². The molecule has 1 aromatic heterocycles. The van der Waals surface area contributed by atoms with Crippen molar-refractivity contribution in [2.75, 3.05) is 32.8 Å². The van der Waals surface area contributed by atoms with Crippen LogP contribution in [-0.2, 0) is 11.3 Å². The number of benzene rings is 2. The molecule has 2 aromatic carbocycles. The number of aromatic amines is 1. The molecular weight excluding hydrogens is 464 g/mol. The van der Waals surface area contributed by atoms with E-state index >= 15 is 0 Å². The van der Waals surface area contributed by atoms with Crippen LogP contribution in [0.4, 0.5) is 0 Å². The number of ether oxygens (including phenoxy) is 1. The van der Waals surface area contributed by atoms with E-state index < -0.39 is 0 Å². The normalized spacial score (nSPS) is 19.5. The molecule has 2 amide bonds. The number of carbonyl (C=O) groups is 2. The summed E-state index contributed by atoms with van der Waals surface area (Å²) >= 11 is 0. The van der Waals surface area contributed by atoms with Crippen LogP contribution in [0.15, 0.2) is 42.5 Å². The largest absolute Gasteiger partial charge is 0.491 e. The lowest BCUT2D eigenvalue weighted by Crippen LogP contribution is -2.49. The number of rotatable bonds is 2. The van der Waals surface area contributed by atoms with Gasteiger partial charge in [-0.05, 0) is 75.9 Å². The highest BCUT2D eigenvalue weighted by Gasteiger charge is 2.40. The Kier molecular flexibility index (Phi) is 7.51. The maximum atomic E-state index is 13.5. The number of nitrogens with zero attached hydrogens (tertiary/aromatic N) is 1. The monoisotopic (exact) mass is 502 g/mol. The van der Waals surface area contributed by atoms with Crippen LogP contribution in [0.5, 0.6) is 5.75 Å². The summed E-state index contributed by atoms with van der Waals surface area (Å²) in [6.07, 6.45) is 4.28. The zero-order valence-corrected chi connectivity index (χ0v) is 22.0. The minimum Gasteiger partial charge on any atom is -0.491 e. The van der Waals surface area contributed by atoms with E-state index in [9.17, 15) is 9.59 Å². The minimum atomic E-state index is -0.366. The molecule has 0 saturated carbocycles. The van der Waals surface area contributed by atoms with Crippen molar-refractivity contribution < 1.29 is 14.3 Å². The molecule has 1 spiro atoms. The van der Waals surface area contributed by atoms with Crippen molar-refractivity contribution >= 4 is 22.7 Å². The first-order chi connectivity index (χ1) is 18.0. The van der Waals surface area contributed by atoms with Gasteiger partial charge in [-0.25, -0.2) is 0 Å². The first kappa shape index (κ1) is 25.3. The first-order valence-corrected chi connectivity index (χ1v) is 13.5. The summed E-state index contributed by atoms with van der Waals surface area (Å²) in [7, 11) is 0. The van der Waals surface area contributed by atoms with E-state index in [1.807, 2.05) is 12.1 Å². The Balaban J connectivity index is 1.24. The standard InChI is InChI=1S/C30H38N4O3/c1-21-8-7-10-23-22(2)25(33-27(21)23)20-34-17-13-30(14-18-34)12-5-6-15-31-28(35)24-9-3-4-11-26(24)37-19-16-32-29(30)36/h3-4,7-11,33H,5-6,12-20H2,1-2H3,(H,31,35)(H,32,36). The van der Waals surface area contributed by atoms with Crippen LogP contribution < -0.4 is 15.4 Å². The Morgan fingerprint density at radius 2 is 1.73 bits per heavy atom. The Hall–Kier alpha value is -3.32. The second-order valence-electron chi connectivity index (χ2n) is 10.6. The summed E-state index contributed by atoms with van der Waals surface area (Å²) in [6, 6.07) is 13.7. The average Bonchev–Trinajstić information content (AvgIpc) is 3.23. The fourth-order valence-corrected chi connectivity index (χ4v) is 5.84.